The number of hydrogen-bond acceptors (Lipinski definition) is 6. The Kier molecular flexibility index (Phi) is 5.43. The first-order valence-electron chi connectivity index (χ1n) is 9.58. The largest absolute Gasteiger partial charge is 0.493 e. The van der Waals surface area contributed by atoms with Crippen molar-refractivity contribution in [2.75, 3.05) is 26.6 Å². The Morgan fingerprint density at radius 1 is 0.867 bits per heavy atom. The fourth-order valence-electron chi connectivity index (χ4n) is 3.27. The lowest BCUT2D eigenvalue weighted by Gasteiger charge is -2.11. The molecule has 0 aliphatic rings. The molecule has 30 heavy (non-hydrogen) atoms. The molecule has 0 atom stereocenters. The van der Waals surface area contributed by atoms with Crippen LogP contribution in [0.3, 0.4) is 0 Å². The van der Waals surface area contributed by atoms with Crippen LogP contribution < -0.4 is 19.5 Å². The van der Waals surface area contributed by atoms with E-state index in [9.17, 15) is 0 Å². The van der Waals surface area contributed by atoms with Gasteiger partial charge in [0.15, 0.2) is 17.1 Å². The van der Waals surface area contributed by atoms with Gasteiger partial charge in [0.05, 0.1) is 21.3 Å². The molecule has 0 saturated heterocycles. The van der Waals surface area contributed by atoms with E-state index in [1.807, 2.05) is 42.5 Å². The Balaban J connectivity index is 1.61. The van der Waals surface area contributed by atoms with Crippen molar-refractivity contribution in [1.82, 2.24) is 14.6 Å². The number of fused-ring (bicyclic) bond motifs is 1. The molecule has 0 saturated carbocycles. The number of methoxy groups -OCH3 is 3. The van der Waals surface area contributed by atoms with Crippen molar-refractivity contribution in [2.45, 2.75) is 13.5 Å². The quantitative estimate of drug-likeness (QED) is 0.494. The first kappa shape index (κ1) is 19.6. The van der Waals surface area contributed by atoms with Crippen molar-refractivity contribution in [1.29, 1.82) is 0 Å². The van der Waals surface area contributed by atoms with Crippen LogP contribution in [-0.4, -0.2) is 35.9 Å². The van der Waals surface area contributed by atoms with Crippen LogP contribution in [-0.2, 0) is 6.54 Å². The Bertz CT molecular complexity index is 1170. The number of nitrogens with one attached hydrogen (secondary N) is 1. The summed E-state index contributed by atoms with van der Waals surface area (Å²) in [6.07, 6.45) is 0. The molecule has 0 unspecified atom stereocenters. The van der Waals surface area contributed by atoms with E-state index in [0.29, 0.717) is 29.7 Å². The first-order valence-corrected chi connectivity index (χ1v) is 9.58. The predicted molar refractivity (Wildman–Crippen MR) is 117 cm³/mol. The summed E-state index contributed by atoms with van der Waals surface area (Å²) in [7, 11) is 4.88. The van der Waals surface area contributed by atoms with Crippen LogP contribution in [0.15, 0.2) is 54.6 Å². The number of ether oxygens (including phenoxy) is 3. The third-order valence-corrected chi connectivity index (χ3v) is 4.88. The van der Waals surface area contributed by atoms with E-state index in [1.165, 1.54) is 5.56 Å². The molecular formula is C23H24N4O3. The van der Waals surface area contributed by atoms with Crippen LogP contribution in [0.25, 0.3) is 16.9 Å². The Morgan fingerprint density at radius 3 is 2.33 bits per heavy atom. The SMILES string of the molecule is COc1ccc(CNc2ccc3nc(-c4ccc(C)cc4)c(OC)n3n2)cc1OC. The van der Waals surface area contributed by atoms with Crippen LogP contribution in [0.4, 0.5) is 5.82 Å². The second kappa shape index (κ2) is 8.32. The van der Waals surface area contributed by atoms with E-state index in [4.69, 9.17) is 19.2 Å². The zero-order valence-electron chi connectivity index (χ0n) is 17.5. The van der Waals surface area contributed by atoms with Gasteiger partial charge in [0.25, 0.3) is 0 Å². The maximum Gasteiger partial charge on any atom is 0.243 e. The fraction of sp³-hybridized carbons (Fsp3) is 0.217. The first-order chi connectivity index (χ1) is 14.6. The molecule has 2 aromatic heterocycles. The highest BCUT2D eigenvalue weighted by Gasteiger charge is 2.16. The maximum atomic E-state index is 5.64. The van der Waals surface area contributed by atoms with Gasteiger partial charge in [-0.05, 0) is 36.8 Å². The predicted octanol–water partition coefficient (Wildman–Crippen LogP) is 4.34. The van der Waals surface area contributed by atoms with E-state index < -0.39 is 0 Å². The summed E-state index contributed by atoms with van der Waals surface area (Å²) in [4.78, 5) is 4.70. The molecule has 7 nitrogen and oxygen atoms in total. The van der Waals surface area contributed by atoms with E-state index in [1.54, 1.807) is 25.8 Å². The van der Waals surface area contributed by atoms with E-state index >= 15 is 0 Å². The van der Waals surface area contributed by atoms with Crippen LogP contribution in [0.1, 0.15) is 11.1 Å². The van der Waals surface area contributed by atoms with Gasteiger partial charge >= 0.3 is 0 Å². The molecule has 0 bridgehead atoms. The molecule has 154 valence electrons. The van der Waals surface area contributed by atoms with Gasteiger partial charge in [-0.1, -0.05) is 35.9 Å². The minimum atomic E-state index is 0.584. The van der Waals surface area contributed by atoms with E-state index in [2.05, 4.69) is 29.5 Å². The highest BCUT2D eigenvalue weighted by atomic mass is 16.5. The van der Waals surface area contributed by atoms with Crippen molar-refractivity contribution < 1.29 is 14.2 Å². The lowest BCUT2D eigenvalue weighted by atomic mass is 10.1. The third-order valence-electron chi connectivity index (χ3n) is 4.88. The third kappa shape index (κ3) is 3.74. The number of benzene rings is 2. The zero-order chi connectivity index (χ0) is 21.1. The topological polar surface area (TPSA) is 69.9 Å². The molecule has 0 amide bonds. The second-order valence-corrected chi connectivity index (χ2v) is 6.87. The van der Waals surface area contributed by atoms with Crippen LogP contribution in [0, 0.1) is 6.92 Å². The summed E-state index contributed by atoms with van der Waals surface area (Å²) >= 11 is 0. The molecule has 0 spiro atoms. The van der Waals surface area contributed by atoms with Gasteiger partial charge < -0.3 is 19.5 Å². The number of anilines is 1. The molecule has 0 radical (unpaired) electrons. The van der Waals surface area contributed by atoms with Gasteiger partial charge in [-0.3, -0.25) is 0 Å². The van der Waals surface area contributed by atoms with Gasteiger partial charge in [0.2, 0.25) is 5.88 Å². The molecule has 7 heteroatoms. The number of hydrogen-bond donors (Lipinski definition) is 1. The molecule has 1 N–H and O–H groups in total. The highest BCUT2D eigenvalue weighted by molar-refractivity contribution is 5.69. The minimum absolute atomic E-state index is 0.584. The molecule has 2 aromatic carbocycles. The molecule has 0 fully saturated rings. The smallest absolute Gasteiger partial charge is 0.243 e. The van der Waals surface area contributed by atoms with Gasteiger partial charge in [-0.25, -0.2) is 4.98 Å². The fourth-order valence-corrected chi connectivity index (χ4v) is 3.27. The van der Waals surface area contributed by atoms with Crippen molar-refractivity contribution in [3.63, 3.8) is 0 Å². The molecular weight excluding hydrogens is 380 g/mol. The van der Waals surface area contributed by atoms with Crippen LogP contribution >= 0.6 is 0 Å². The number of nitrogens with zero attached hydrogens (tertiary/aromatic N) is 3. The molecule has 0 aliphatic carbocycles. The molecule has 0 aliphatic heterocycles. The second-order valence-electron chi connectivity index (χ2n) is 6.87. The summed E-state index contributed by atoms with van der Waals surface area (Å²) in [6.45, 7) is 2.64. The lowest BCUT2D eigenvalue weighted by Crippen LogP contribution is -2.05. The highest BCUT2D eigenvalue weighted by Crippen LogP contribution is 2.31. The minimum Gasteiger partial charge on any atom is -0.493 e. The van der Waals surface area contributed by atoms with Gasteiger partial charge in [0, 0.05) is 12.1 Å². The van der Waals surface area contributed by atoms with Crippen molar-refractivity contribution in [2.24, 2.45) is 0 Å². The Hall–Kier alpha value is -3.74. The number of aryl methyl sites for hydroxylation is 1. The Morgan fingerprint density at radius 2 is 1.63 bits per heavy atom. The molecule has 2 heterocycles. The summed E-state index contributed by atoms with van der Waals surface area (Å²) in [5.41, 5.74) is 4.72. The monoisotopic (exact) mass is 404 g/mol. The van der Waals surface area contributed by atoms with E-state index in [-0.39, 0.29) is 0 Å². The summed E-state index contributed by atoms with van der Waals surface area (Å²) in [6, 6.07) is 17.8. The average molecular weight is 404 g/mol. The average Bonchev–Trinajstić information content (AvgIpc) is 3.15. The summed E-state index contributed by atoms with van der Waals surface area (Å²) in [5, 5.41) is 8.00. The standard InChI is InChI=1S/C23H24N4O3/c1-15-5-8-17(9-6-15)22-23(30-4)27-21(25-22)12-11-20(26-27)24-14-16-7-10-18(28-2)19(13-16)29-3/h5-13H,14H2,1-4H3,(H,24,26). The van der Waals surface area contributed by atoms with Crippen molar-refractivity contribution in [3.8, 4) is 28.6 Å². The van der Waals surface area contributed by atoms with Crippen LogP contribution in [0.5, 0.6) is 17.4 Å². The van der Waals surface area contributed by atoms with Crippen molar-refractivity contribution >= 4 is 11.5 Å². The number of imidazole rings is 1. The molecule has 4 rings (SSSR count). The lowest BCUT2D eigenvalue weighted by molar-refractivity contribution is 0.354. The summed E-state index contributed by atoms with van der Waals surface area (Å²) in [5.74, 6) is 2.71. The zero-order valence-corrected chi connectivity index (χ0v) is 17.5. The van der Waals surface area contributed by atoms with Gasteiger partial charge in [-0.15, -0.1) is 5.10 Å². The van der Waals surface area contributed by atoms with Gasteiger partial charge in [-0.2, -0.15) is 4.52 Å². The normalized spacial score (nSPS) is 10.8. The summed E-state index contributed by atoms with van der Waals surface area (Å²) < 4.78 is 18.0. The maximum absolute atomic E-state index is 5.64. The van der Waals surface area contributed by atoms with Gasteiger partial charge in [0.1, 0.15) is 11.5 Å². The molecule has 4 aromatic rings. The van der Waals surface area contributed by atoms with Crippen LogP contribution in [0.2, 0.25) is 0 Å². The van der Waals surface area contributed by atoms with E-state index in [0.717, 1.165) is 22.5 Å². The Labute approximate surface area is 175 Å². The number of aromatic nitrogens is 3. The number of rotatable bonds is 7. The van der Waals surface area contributed by atoms with Crippen molar-refractivity contribution in [3.05, 3.63) is 65.7 Å².